The normalized spacial score (nSPS) is 16.8. The van der Waals surface area contributed by atoms with Crippen LogP contribution in [0.3, 0.4) is 0 Å². The van der Waals surface area contributed by atoms with E-state index in [1.54, 1.807) is 59.4 Å². The molecule has 5 aromatic rings. The summed E-state index contributed by atoms with van der Waals surface area (Å²) in [5.41, 5.74) is 3.48. The first-order valence-corrected chi connectivity index (χ1v) is 24.4. The summed E-state index contributed by atoms with van der Waals surface area (Å²) in [5, 5.41) is 11.9. The van der Waals surface area contributed by atoms with Crippen LogP contribution in [0.15, 0.2) is 119 Å². The smallest absolute Gasteiger partial charge is 0.430 e. The number of allylic oxidation sites excluding steroid dienone is 2. The molecule has 0 saturated carbocycles. The molecule has 3 N–H and O–H groups in total. The van der Waals surface area contributed by atoms with Crippen molar-refractivity contribution in [2.24, 2.45) is 15.7 Å². The molecule has 2 heterocycles. The van der Waals surface area contributed by atoms with E-state index in [0.29, 0.717) is 70.9 Å². The number of aromatic hydroxyl groups is 1. The highest BCUT2D eigenvalue weighted by Gasteiger charge is 2.46. The fourth-order valence-electron chi connectivity index (χ4n) is 8.61. The van der Waals surface area contributed by atoms with Gasteiger partial charge in [0.15, 0.2) is 0 Å². The first-order chi connectivity index (χ1) is 35.1. The maximum Gasteiger partial charge on any atom is 0.430 e. The Bertz CT molecular complexity index is 2950. The predicted octanol–water partition coefficient (Wildman–Crippen LogP) is 12.7. The van der Waals surface area contributed by atoms with E-state index < -0.39 is 58.2 Å². The molecule has 3 amide bonds. The lowest BCUT2D eigenvalue weighted by Crippen LogP contribution is -2.56. The molecular weight excluding hydrogens is 1040 g/mol. The predicted molar refractivity (Wildman–Crippen MR) is 273 cm³/mol. The maximum atomic E-state index is 15.1. The number of nitrogens with zero attached hydrogens (tertiary/aromatic N) is 5. The summed E-state index contributed by atoms with van der Waals surface area (Å²) in [6.07, 6.45) is -8.14. The second kappa shape index (κ2) is 23.3. The lowest BCUT2D eigenvalue weighted by atomic mass is 9.93. The number of amides is 3. The Morgan fingerprint density at radius 2 is 1.55 bits per heavy atom. The van der Waals surface area contributed by atoms with E-state index in [9.17, 15) is 36.2 Å². The molecule has 1 saturated heterocycles. The topological polar surface area (TPSA) is 143 Å². The van der Waals surface area contributed by atoms with Gasteiger partial charge in [-0.15, -0.1) is 0 Å². The zero-order valence-electron chi connectivity index (χ0n) is 40.4. The van der Waals surface area contributed by atoms with E-state index in [-0.39, 0.29) is 60.7 Å². The molecule has 2 aliphatic heterocycles. The van der Waals surface area contributed by atoms with Gasteiger partial charge in [0, 0.05) is 48.4 Å². The number of unbranched alkanes of at least 4 members (excludes halogenated alkanes) is 2. The van der Waals surface area contributed by atoms with Gasteiger partial charge in [0.25, 0.3) is 0 Å². The lowest BCUT2D eigenvalue weighted by molar-refractivity contribution is -0.137. The third-order valence-electron chi connectivity index (χ3n) is 12.2. The van der Waals surface area contributed by atoms with Crippen LogP contribution in [0.2, 0.25) is 15.1 Å². The average molecular weight is 1090 g/mol. The molecule has 392 valence electrons. The third-order valence-corrected chi connectivity index (χ3v) is 13.1. The SMILES string of the molecule is CN=C(C=C(N)C(F)(F)F)c1ccc(OCCCCCN2CCN(C(=O)N3C(c4ccc(OC)cc4OC(C)C)=NC(c4ccc(Cl)cc4)C3c3ccc(Cl)cc3)CC2=O)c(-c2ccc(Cl)c(C(F)(F)F)c2)c1O. The van der Waals surface area contributed by atoms with Crippen LogP contribution >= 0.6 is 34.8 Å². The van der Waals surface area contributed by atoms with E-state index in [2.05, 4.69) is 4.99 Å². The Balaban J connectivity index is 1.06. The molecule has 0 aliphatic carbocycles. The van der Waals surface area contributed by atoms with Gasteiger partial charge in [-0.1, -0.05) is 65.1 Å². The minimum Gasteiger partial charge on any atom is -0.506 e. The highest BCUT2D eigenvalue weighted by molar-refractivity contribution is 6.31. The van der Waals surface area contributed by atoms with Crippen LogP contribution in [0.4, 0.5) is 31.1 Å². The monoisotopic (exact) mass is 1090 g/mol. The molecule has 74 heavy (non-hydrogen) atoms. The molecule has 0 bridgehead atoms. The number of carbonyl (C=O) groups excluding carboxylic acids is 2. The summed E-state index contributed by atoms with van der Waals surface area (Å²) in [4.78, 5) is 42.8. The number of alkyl halides is 6. The summed E-state index contributed by atoms with van der Waals surface area (Å²) in [7, 11) is 2.70. The minimum atomic E-state index is -4.93. The minimum absolute atomic E-state index is 0.00101. The highest BCUT2D eigenvalue weighted by Crippen LogP contribution is 2.47. The molecule has 2 unspecified atom stereocenters. The van der Waals surface area contributed by atoms with Crippen LogP contribution in [-0.4, -0.2) is 103 Å². The van der Waals surface area contributed by atoms with Gasteiger partial charge in [0.2, 0.25) is 5.91 Å². The van der Waals surface area contributed by atoms with Crippen molar-refractivity contribution >= 4 is 58.3 Å². The molecule has 0 aromatic heterocycles. The van der Waals surface area contributed by atoms with Gasteiger partial charge < -0.3 is 34.9 Å². The summed E-state index contributed by atoms with van der Waals surface area (Å²) in [6, 6.07) is 23.3. The van der Waals surface area contributed by atoms with Crippen molar-refractivity contribution in [3.8, 4) is 34.1 Å². The number of ether oxygens (including phenoxy) is 3. The number of hydrogen-bond donors (Lipinski definition) is 2. The molecular formula is C53H51Cl3F6N6O6. The van der Waals surface area contributed by atoms with E-state index in [4.69, 9.17) is 59.7 Å². The number of benzene rings is 5. The summed E-state index contributed by atoms with van der Waals surface area (Å²) in [6.45, 7) is 4.29. The zero-order valence-corrected chi connectivity index (χ0v) is 42.7. The Morgan fingerprint density at radius 3 is 2.16 bits per heavy atom. The second-order valence-electron chi connectivity index (χ2n) is 17.6. The number of hydrogen-bond acceptors (Lipinski definition) is 9. The number of nitrogens with two attached hydrogens (primary N) is 1. The van der Waals surface area contributed by atoms with Gasteiger partial charge >= 0.3 is 18.4 Å². The summed E-state index contributed by atoms with van der Waals surface area (Å²) in [5.74, 6) is 0.238. The van der Waals surface area contributed by atoms with E-state index in [1.165, 1.54) is 23.1 Å². The number of carbonyl (C=O) groups is 2. The summed E-state index contributed by atoms with van der Waals surface area (Å²) >= 11 is 18.6. The quantitative estimate of drug-likeness (QED) is 0.0569. The Morgan fingerprint density at radius 1 is 0.878 bits per heavy atom. The van der Waals surface area contributed by atoms with Crippen molar-refractivity contribution in [2.45, 2.75) is 63.7 Å². The number of piperazine rings is 1. The van der Waals surface area contributed by atoms with E-state index in [1.807, 2.05) is 38.1 Å². The number of amidine groups is 1. The largest absolute Gasteiger partial charge is 0.506 e. The molecule has 21 heteroatoms. The number of urea groups is 1. The van der Waals surface area contributed by atoms with E-state index >= 15 is 4.79 Å². The van der Waals surface area contributed by atoms with Crippen molar-refractivity contribution in [3.63, 3.8) is 0 Å². The number of halogens is 9. The van der Waals surface area contributed by atoms with Gasteiger partial charge in [-0.05, 0) is 117 Å². The molecule has 7 rings (SSSR count). The van der Waals surface area contributed by atoms with Crippen LogP contribution < -0.4 is 19.9 Å². The number of methoxy groups -OCH3 is 1. The van der Waals surface area contributed by atoms with Crippen molar-refractivity contribution in [3.05, 3.63) is 152 Å². The van der Waals surface area contributed by atoms with Gasteiger partial charge in [0.05, 0.1) is 53.3 Å². The first kappa shape index (κ1) is 55.1. The highest BCUT2D eigenvalue weighted by atomic mass is 35.5. The van der Waals surface area contributed by atoms with Crippen LogP contribution in [0.5, 0.6) is 23.0 Å². The number of rotatable bonds is 16. The number of phenolic OH excluding ortho intramolecular Hbond substituents is 1. The summed E-state index contributed by atoms with van der Waals surface area (Å²) < 4.78 is 99.8. The zero-order chi connectivity index (χ0) is 53.6. The standard InChI is InChI=1S/C53H51Cl3F6N6O6/c1-30(2)74-43-27-36(72-4)17-18-38(43)50-65-47(31-8-13-34(54)14-9-31)48(32-10-15-35(55)16-11-32)68(50)51(71)67-24-23-66(45(69)29-67)22-6-5-7-25-73-42-21-19-37(41(64-3)28-44(63)53(60,61)62)49(70)46(42)33-12-20-40(56)39(26-33)52(57,58)59/h8-21,26-28,30,47-48,70H,5-7,22-25,29,63H2,1-4H3. The molecule has 2 atom stereocenters. The van der Waals surface area contributed by atoms with Gasteiger partial charge in [-0.2, -0.15) is 26.3 Å². The first-order valence-electron chi connectivity index (χ1n) is 23.3. The van der Waals surface area contributed by atoms with Crippen molar-refractivity contribution in [1.82, 2.24) is 14.7 Å². The molecule has 2 aliphatic rings. The second-order valence-corrected chi connectivity index (χ2v) is 18.9. The van der Waals surface area contributed by atoms with Crippen LogP contribution in [-0.2, 0) is 11.0 Å². The Kier molecular flexibility index (Phi) is 17.3. The Hall–Kier alpha value is -6.63. The molecule has 12 nitrogen and oxygen atoms in total. The average Bonchev–Trinajstić information content (AvgIpc) is 3.74. The number of phenols is 1. The van der Waals surface area contributed by atoms with Gasteiger partial charge in [-0.3, -0.25) is 19.7 Å². The molecule has 0 radical (unpaired) electrons. The lowest BCUT2D eigenvalue weighted by Gasteiger charge is -2.38. The third kappa shape index (κ3) is 12.6. The van der Waals surface area contributed by atoms with Crippen molar-refractivity contribution in [1.29, 1.82) is 0 Å². The van der Waals surface area contributed by atoms with Crippen LogP contribution in [0.1, 0.15) is 73.0 Å². The van der Waals surface area contributed by atoms with Crippen LogP contribution in [0.25, 0.3) is 11.1 Å². The Labute approximate surface area is 438 Å². The molecule has 5 aromatic carbocycles. The molecule has 0 spiro atoms. The molecule has 1 fully saturated rings. The fraction of sp³-hybridized carbons (Fsp3) is 0.321. The van der Waals surface area contributed by atoms with Gasteiger partial charge in [-0.25, -0.2) is 4.79 Å². The van der Waals surface area contributed by atoms with E-state index in [0.717, 1.165) is 24.2 Å². The van der Waals surface area contributed by atoms with Crippen molar-refractivity contribution < 1.29 is 55.2 Å². The van der Waals surface area contributed by atoms with Crippen molar-refractivity contribution in [2.75, 3.05) is 46.9 Å². The van der Waals surface area contributed by atoms with Crippen LogP contribution in [0, 0.1) is 0 Å². The fourth-order valence-corrected chi connectivity index (χ4v) is 9.09. The number of aliphatic imine (C=N–C) groups is 2. The van der Waals surface area contributed by atoms with Gasteiger partial charge in [0.1, 0.15) is 47.1 Å². The maximum absolute atomic E-state index is 15.1.